The Hall–Kier alpha value is -4.28. The molecule has 0 aromatic carbocycles. The summed E-state index contributed by atoms with van der Waals surface area (Å²) in [6.07, 6.45) is 2.46. The summed E-state index contributed by atoms with van der Waals surface area (Å²) in [6, 6.07) is -4.87. The number of carboxylic acids is 1. The second-order valence-electron chi connectivity index (χ2n) is 12.3. The lowest BCUT2D eigenvalue weighted by Gasteiger charge is -2.29. The van der Waals surface area contributed by atoms with Crippen molar-refractivity contribution in [2.24, 2.45) is 17.6 Å². The number of likely N-dealkylation sites (tertiary alicyclic amines) is 1. The van der Waals surface area contributed by atoms with E-state index in [1.54, 1.807) is 27.7 Å². The number of unbranched alkanes of at least 4 members (excludes halogenated alkanes) is 1. The topological polar surface area (TPSA) is 258 Å². The molecule has 0 bridgehead atoms. The number of carboxylic acid groups (broad SMARTS) is 1. The number of aliphatic carboxylic acids is 1. The summed E-state index contributed by atoms with van der Waals surface area (Å²) in [4.78, 5) is 101. The van der Waals surface area contributed by atoms with Crippen LogP contribution >= 0.6 is 0 Å². The molecule has 7 amide bonds. The maximum Gasteiger partial charge on any atom is 0.322 e. The first-order valence-electron chi connectivity index (χ1n) is 15.9. The van der Waals surface area contributed by atoms with Gasteiger partial charge in [0.15, 0.2) is 0 Å². The molecule has 5 atom stereocenters. The first-order chi connectivity index (χ1) is 22.0. The highest BCUT2D eigenvalue weighted by Crippen LogP contribution is 2.19. The Bertz CT molecular complexity index is 1150. The smallest absolute Gasteiger partial charge is 0.322 e. The molecule has 0 saturated carbocycles. The fourth-order valence-electron chi connectivity index (χ4n) is 5.03. The molecular formula is C30H52N8O9. The lowest BCUT2D eigenvalue weighted by molar-refractivity contribution is -0.142. The molecule has 17 heteroatoms. The van der Waals surface area contributed by atoms with Crippen molar-refractivity contribution in [3.63, 3.8) is 0 Å². The van der Waals surface area contributed by atoms with Crippen molar-refractivity contribution >= 4 is 47.3 Å². The molecule has 0 aliphatic carbocycles. The summed E-state index contributed by atoms with van der Waals surface area (Å²) >= 11 is 0. The highest BCUT2D eigenvalue weighted by Gasteiger charge is 2.37. The summed E-state index contributed by atoms with van der Waals surface area (Å²) in [5.41, 5.74) is 5.52. The molecule has 0 radical (unpaired) electrons. The van der Waals surface area contributed by atoms with E-state index in [-0.39, 0.29) is 12.5 Å². The van der Waals surface area contributed by atoms with Crippen LogP contribution in [-0.4, -0.2) is 114 Å². The SMILES string of the molecule is CC(=O)N[C@@H](CCCCN)C(=O)N[C@H](C(=O)NCC(=O)N[C@H](C(=O)N[C@@H](C)C(=O)N1CCC[C@H]1C(=O)NCC(=O)O)C(C)C)C(C)C. The maximum atomic E-state index is 13.1. The Morgan fingerprint density at radius 1 is 0.787 bits per heavy atom. The number of hydrogen-bond acceptors (Lipinski definition) is 9. The average Bonchev–Trinajstić information content (AvgIpc) is 3.48. The van der Waals surface area contributed by atoms with E-state index < -0.39 is 96.5 Å². The minimum absolute atomic E-state index is 0.258. The van der Waals surface area contributed by atoms with Crippen LogP contribution in [0.2, 0.25) is 0 Å². The Labute approximate surface area is 275 Å². The number of carbonyl (C=O) groups excluding carboxylic acids is 7. The quantitative estimate of drug-likeness (QED) is 0.0684. The molecule has 9 N–H and O–H groups in total. The molecule has 0 aromatic rings. The van der Waals surface area contributed by atoms with Gasteiger partial charge in [0.1, 0.15) is 36.8 Å². The zero-order chi connectivity index (χ0) is 35.8. The van der Waals surface area contributed by atoms with Gasteiger partial charge >= 0.3 is 5.97 Å². The van der Waals surface area contributed by atoms with Crippen molar-refractivity contribution in [2.45, 2.75) is 104 Å². The van der Waals surface area contributed by atoms with Gasteiger partial charge in [-0.25, -0.2) is 0 Å². The van der Waals surface area contributed by atoms with Crippen LogP contribution in [0, 0.1) is 11.8 Å². The van der Waals surface area contributed by atoms with Gasteiger partial charge in [0.2, 0.25) is 41.4 Å². The first-order valence-corrected chi connectivity index (χ1v) is 15.9. The molecule has 266 valence electrons. The Morgan fingerprint density at radius 3 is 1.96 bits per heavy atom. The number of nitrogens with two attached hydrogens (primary N) is 1. The largest absolute Gasteiger partial charge is 0.480 e. The lowest BCUT2D eigenvalue weighted by atomic mass is 10.0. The summed E-state index contributed by atoms with van der Waals surface area (Å²) in [7, 11) is 0. The normalized spacial score (nSPS) is 16.8. The molecule has 0 unspecified atom stereocenters. The van der Waals surface area contributed by atoms with Gasteiger partial charge in [0.25, 0.3) is 0 Å². The monoisotopic (exact) mass is 668 g/mol. The number of nitrogens with one attached hydrogen (secondary N) is 6. The minimum atomic E-state index is -1.22. The third-order valence-electron chi connectivity index (χ3n) is 7.56. The van der Waals surface area contributed by atoms with E-state index in [1.807, 2.05) is 0 Å². The van der Waals surface area contributed by atoms with Gasteiger partial charge < -0.3 is 47.6 Å². The summed E-state index contributed by atoms with van der Waals surface area (Å²) < 4.78 is 0. The second kappa shape index (κ2) is 20.1. The standard InChI is InChI=1S/C30H52N8O9/c1-16(2)24(37-26(43)20(35-19(6)39)10-7-8-12-31)28(45)32-14-22(40)36-25(17(3)4)29(46)34-18(5)30(47)38-13-9-11-21(38)27(44)33-15-23(41)42/h16-18,20-21,24-25H,7-15,31H2,1-6H3,(H,32,45)(H,33,44)(H,34,46)(H,35,39)(H,36,40)(H,37,43)(H,41,42)/t18-,20-,21-,24-,25-/m0/s1. The average molecular weight is 669 g/mol. The molecule has 1 fully saturated rings. The van der Waals surface area contributed by atoms with Crippen molar-refractivity contribution in [1.29, 1.82) is 0 Å². The van der Waals surface area contributed by atoms with Crippen molar-refractivity contribution in [3.8, 4) is 0 Å². The molecule has 47 heavy (non-hydrogen) atoms. The van der Waals surface area contributed by atoms with Crippen LogP contribution in [0.15, 0.2) is 0 Å². The van der Waals surface area contributed by atoms with Crippen LogP contribution < -0.4 is 37.6 Å². The van der Waals surface area contributed by atoms with Gasteiger partial charge in [-0.15, -0.1) is 0 Å². The first kappa shape index (κ1) is 40.7. The Balaban J connectivity index is 2.79. The van der Waals surface area contributed by atoms with Gasteiger partial charge in [-0.05, 0) is 57.4 Å². The van der Waals surface area contributed by atoms with E-state index in [0.717, 1.165) is 0 Å². The predicted molar refractivity (Wildman–Crippen MR) is 170 cm³/mol. The van der Waals surface area contributed by atoms with Gasteiger partial charge in [-0.1, -0.05) is 27.7 Å². The van der Waals surface area contributed by atoms with Crippen molar-refractivity contribution < 1.29 is 43.5 Å². The van der Waals surface area contributed by atoms with Crippen LogP contribution in [0.4, 0.5) is 0 Å². The van der Waals surface area contributed by atoms with Crippen LogP contribution in [0.3, 0.4) is 0 Å². The minimum Gasteiger partial charge on any atom is -0.480 e. The zero-order valence-electron chi connectivity index (χ0n) is 28.1. The second-order valence-corrected chi connectivity index (χ2v) is 12.3. The Morgan fingerprint density at radius 2 is 1.40 bits per heavy atom. The Kier molecular flexibility index (Phi) is 17.4. The van der Waals surface area contributed by atoms with E-state index in [1.165, 1.54) is 18.7 Å². The van der Waals surface area contributed by atoms with E-state index in [4.69, 9.17) is 10.8 Å². The van der Waals surface area contributed by atoms with E-state index in [2.05, 4.69) is 31.9 Å². The van der Waals surface area contributed by atoms with E-state index >= 15 is 0 Å². The number of amides is 7. The van der Waals surface area contributed by atoms with Crippen molar-refractivity contribution in [1.82, 2.24) is 36.8 Å². The molecule has 0 spiro atoms. The maximum absolute atomic E-state index is 13.1. The van der Waals surface area contributed by atoms with Crippen LogP contribution in [0.25, 0.3) is 0 Å². The van der Waals surface area contributed by atoms with E-state index in [0.29, 0.717) is 38.6 Å². The van der Waals surface area contributed by atoms with Gasteiger partial charge in [-0.2, -0.15) is 0 Å². The molecule has 17 nitrogen and oxygen atoms in total. The molecule has 1 aliphatic rings. The van der Waals surface area contributed by atoms with Gasteiger partial charge in [-0.3, -0.25) is 38.4 Å². The number of carbonyl (C=O) groups is 8. The molecular weight excluding hydrogens is 616 g/mol. The van der Waals surface area contributed by atoms with Crippen molar-refractivity contribution in [2.75, 3.05) is 26.2 Å². The highest BCUT2D eigenvalue weighted by molar-refractivity contribution is 5.96. The predicted octanol–water partition coefficient (Wildman–Crippen LogP) is -2.29. The number of hydrogen-bond donors (Lipinski definition) is 8. The van der Waals surface area contributed by atoms with Gasteiger partial charge in [0, 0.05) is 13.5 Å². The lowest BCUT2D eigenvalue weighted by Crippen LogP contribution is -2.58. The molecule has 1 rings (SSSR count). The third-order valence-corrected chi connectivity index (χ3v) is 7.56. The number of nitrogens with zero attached hydrogens (tertiary/aromatic N) is 1. The molecule has 0 aromatic heterocycles. The van der Waals surface area contributed by atoms with Crippen LogP contribution in [0.1, 0.15) is 73.6 Å². The summed E-state index contributed by atoms with van der Waals surface area (Å²) in [6.45, 7) is 9.12. The summed E-state index contributed by atoms with van der Waals surface area (Å²) in [5, 5.41) is 23.9. The van der Waals surface area contributed by atoms with Crippen molar-refractivity contribution in [3.05, 3.63) is 0 Å². The van der Waals surface area contributed by atoms with Crippen LogP contribution in [-0.2, 0) is 38.4 Å². The highest BCUT2D eigenvalue weighted by atomic mass is 16.4. The molecule has 1 saturated heterocycles. The number of rotatable bonds is 19. The van der Waals surface area contributed by atoms with Crippen LogP contribution in [0.5, 0.6) is 0 Å². The van der Waals surface area contributed by atoms with Gasteiger partial charge in [0.05, 0.1) is 6.54 Å². The fourth-order valence-corrected chi connectivity index (χ4v) is 5.03. The third kappa shape index (κ3) is 13.9. The molecule has 1 aliphatic heterocycles. The fraction of sp³-hybridized carbons (Fsp3) is 0.733. The summed E-state index contributed by atoms with van der Waals surface area (Å²) in [5.74, 6) is -6.05. The molecule has 1 heterocycles. The zero-order valence-corrected chi connectivity index (χ0v) is 28.1. The van der Waals surface area contributed by atoms with E-state index in [9.17, 15) is 38.4 Å².